The topological polar surface area (TPSA) is 164 Å². The Morgan fingerprint density at radius 3 is 2.77 bits per heavy atom. The molecule has 1 fully saturated rings. The normalized spacial score (nSPS) is 23.2. The Kier molecular flexibility index (Phi) is 7.99. The summed E-state index contributed by atoms with van der Waals surface area (Å²) < 4.78 is 78.3. The molecule has 4 N–H and O–H groups in total. The second kappa shape index (κ2) is 11.0. The van der Waals surface area contributed by atoms with Crippen LogP contribution in [0.4, 0.5) is 19.0 Å². The number of hydrogen-bond acceptors (Lipinski definition) is 11. The van der Waals surface area contributed by atoms with E-state index in [0.29, 0.717) is 44.4 Å². The average Bonchev–Trinajstić information content (AvgIpc) is 3.58. The maximum atomic E-state index is 13.5. The highest BCUT2D eigenvalue weighted by atomic mass is 32.2. The number of ketones is 1. The van der Waals surface area contributed by atoms with E-state index in [0.717, 1.165) is 6.54 Å². The smallest absolute Gasteiger partial charge is 0.393 e. The third-order valence-electron chi connectivity index (χ3n) is 6.60. The third kappa shape index (κ3) is 6.19. The molecule has 1 aliphatic carbocycles. The molecular formula is C23H23F3N5O6S3. The van der Waals surface area contributed by atoms with Crippen molar-refractivity contribution < 1.29 is 40.8 Å². The highest BCUT2D eigenvalue weighted by molar-refractivity contribution is 7.83. The summed E-state index contributed by atoms with van der Waals surface area (Å²) in [7, 11) is -4.46. The number of thiazole rings is 1. The van der Waals surface area contributed by atoms with Gasteiger partial charge >= 0.3 is 16.5 Å². The molecule has 1 radical (unpaired) electrons. The number of anilines is 1. The first-order valence-electron chi connectivity index (χ1n) is 12.0. The number of aromatic nitrogens is 3. The number of ether oxygens (including phenoxy) is 1. The van der Waals surface area contributed by atoms with Gasteiger partial charge in [-0.2, -0.15) is 26.3 Å². The minimum atomic E-state index is -4.56. The Hall–Kier alpha value is -2.54. The standard InChI is InChI=1S/C23H23F3N5O6S3/c1-10-13(20-18-16(2-3-37-20)39-22(31-18)23(24,25)26)6-17(38-10)19(33)14-8-27-9-28-21(14)30-12-4-11(15(32)5-12)7-29-40(34,35)36/h6-9,11-12,15,20,29,32H,2-5H2,1H3,(H,27,28,30)(H,34,35,36)/t11-,12-,15+,20+/m1/s1. The monoisotopic (exact) mass is 618 g/mol. The second-order valence-electron chi connectivity index (χ2n) is 9.37. The molecule has 4 atom stereocenters. The van der Waals surface area contributed by atoms with Crippen LogP contribution in [0.1, 0.15) is 60.2 Å². The Morgan fingerprint density at radius 1 is 1.27 bits per heavy atom. The van der Waals surface area contributed by atoms with Gasteiger partial charge in [0.25, 0.3) is 0 Å². The zero-order valence-electron chi connectivity index (χ0n) is 20.7. The van der Waals surface area contributed by atoms with Crippen molar-refractivity contribution in [2.45, 2.75) is 50.6 Å². The summed E-state index contributed by atoms with van der Waals surface area (Å²) in [4.78, 5) is 27.0. The van der Waals surface area contributed by atoms with Crippen LogP contribution in [0.25, 0.3) is 0 Å². The number of carbonyl (C=O) groups is 1. The van der Waals surface area contributed by atoms with Crippen molar-refractivity contribution in [2.75, 3.05) is 11.9 Å². The maximum absolute atomic E-state index is 13.5. The van der Waals surface area contributed by atoms with E-state index in [9.17, 15) is 31.5 Å². The van der Waals surface area contributed by atoms with Gasteiger partial charge in [0, 0.05) is 46.4 Å². The van der Waals surface area contributed by atoms with Gasteiger partial charge in [0.1, 0.15) is 18.2 Å². The molecule has 3 aromatic rings. The van der Waals surface area contributed by atoms with Gasteiger partial charge in [-0.15, -0.1) is 22.7 Å². The molecule has 1 aliphatic heterocycles. The van der Waals surface area contributed by atoms with Crippen molar-refractivity contribution in [1.29, 1.82) is 0 Å². The largest absolute Gasteiger partial charge is 0.443 e. The molecule has 1 saturated carbocycles. The van der Waals surface area contributed by atoms with Crippen LogP contribution in [0.5, 0.6) is 0 Å². The molecule has 0 unspecified atom stereocenters. The minimum absolute atomic E-state index is 0.145. The number of rotatable bonds is 8. The molecule has 11 nitrogen and oxygen atoms in total. The summed E-state index contributed by atoms with van der Waals surface area (Å²) in [5.74, 6) is -0.798. The fraction of sp³-hybridized carbons (Fsp3) is 0.435. The summed E-state index contributed by atoms with van der Waals surface area (Å²) >= 11 is 1.77. The van der Waals surface area contributed by atoms with Crippen LogP contribution < -0.4 is 10.0 Å². The van der Waals surface area contributed by atoms with Gasteiger partial charge in [-0.05, 0) is 25.8 Å². The lowest BCUT2D eigenvalue weighted by Crippen LogP contribution is -2.27. The molecule has 2 aliphatic rings. The molecule has 3 aromatic heterocycles. The van der Waals surface area contributed by atoms with Crippen molar-refractivity contribution >= 4 is 44.6 Å². The minimum Gasteiger partial charge on any atom is -0.393 e. The van der Waals surface area contributed by atoms with Gasteiger partial charge in [0.05, 0.1) is 28.8 Å². The average molecular weight is 619 g/mol. The maximum Gasteiger partial charge on any atom is 0.443 e. The van der Waals surface area contributed by atoms with Crippen molar-refractivity contribution in [3.8, 4) is 0 Å². The van der Waals surface area contributed by atoms with Crippen LogP contribution in [0, 0.1) is 19.4 Å². The van der Waals surface area contributed by atoms with Gasteiger partial charge in [-0.3, -0.25) is 9.35 Å². The number of hydrogen-bond donors (Lipinski definition) is 4. The van der Waals surface area contributed by atoms with Gasteiger partial charge in [-0.1, -0.05) is 0 Å². The molecule has 5 rings (SSSR count). The quantitative estimate of drug-likeness (QED) is 0.218. The van der Waals surface area contributed by atoms with E-state index in [4.69, 9.17) is 9.29 Å². The van der Waals surface area contributed by atoms with E-state index in [-0.39, 0.29) is 36.1 Å². The highest BCUT2D eigenvalue weighted by Gasteiger charge is 2.39. The van der Waals surface area contributed by atoms with E-state index in [1.54, 1.807) is 13.0 Å². The van der Waals surface area contributed by atoms with E-state index >= 15 is 0 Å². The number of thiophene rings is 1. The van der Waals surface area contributed by atoms with Crippen LogP contribution in [0.2, 0.25) is 0 Å². The number of alkyl halides is 3. The molecule has 0 bridgehead atoms. The number of nitrogens with one attached hydrogen (secondary N) is 2. The lowest BCUT2D eigenvalue weighted by molar-refractivity contribution is -0.137. The number of aliphatic hydroxyl groups excluding tert-OH is 1. The van der Waals surface area contributed by atoms with Gasteiger partial charge in [-0.25, -0.2) is 15.0 Å². The second-order valence-corrected chi connectivity index (χ2v) is 12.9. The van der Waals surface area contributed by atoms with E-state index in [1.807, 2.05) is 4.72 Å². The third-order valence-corrected chi connectivity index (χ3v) is 9.27. The van der Waals surface area contributed by atoms with Crippen LogP contribution in [-0.4, -0.2) is 57.6 Å². The fourth-order valence-electron chi connectivity index (χ4n) is 4.78. The van der Waals surface area contributed by atoms with Crippen molar-refractivity contribution in [3.63, 3.8) is 0 Å². The molecule has 0 aromatic carbocycles. The number of carbonyl (C=O) groups excluding carboxylic acids is 1. The Balaban J connectivity index is 1.35. The molecule has 0 saturated heterocycles. The summed E-state index contributed by atoms with van der Waals surface area (Å²) in [6, 6.07) is 1.22. The van der Waals surface area contributed by atoms with Crippen LogP contribution in [-0.2, 0) is 27.6 Å². The summed E-state index contributed by atoms with van der Waals surface area (Å²) in [5.41, 5.74) is 0.915. The van der Waals surface area contributed by atoms with Crippen LogP contribution >= 0.6 is 22.7 Å². The Morgan fingerprint density at radius 2 is 2.05 bits per heavy atom. The van der Waals surface area contributed by atoms with Gasteiger partial charge in [0.2, 0.25) is 5.78 Å². The molecule has 0 amide bonds. The molecule has 0 spiro atoms. The number of fused-ring (bicyclic) bond motifs is 1. The molecule has 40 heavy (non-hydrogen) atoms. The number of aliphatic hydroxyl groups is 1. The van der Waals surface area contributed by atoms with Gasteiger partial charge < -0.3 is 15.2 Å². The zero-order valence-corrected chi connectivity index (χ0v) is 23.1. The lowest BCUT2D eigenvalue weighted by atomic mass is 10.0. The Labute approximate surface area is 234 Å². The van der Waals surface area contributed by atoms with Crippen molar-refractivity contribution in [3.05, 3.63) is 61.6 Å². The van der Waals surface area contributed by atoms with E-state index in [2.05, 4.69) is 20.3 Å². The van der Waals surface area contributed by atoms with Crippen LogP contribution in [0.3, 0.4) is 0 Å². The molecule has 17 heteroatoms. The highest BCUT2D eigenvalue weighted by Crippen LogP contribution is 2.43. The van der Waals surface area contributed by atoms with Crippen molar-refractivity contribution in [1.82, 2.24) is 19.7 Å². The lowest BCUT2D eigenvalue weighted by Gasteiger charge is -2.22. The predicted octanol–water partition coefficient (Wildman–Crippen LogP) is 3.32. The fourth-order valence-corrected chi connectivity index (χ4v) is 7.06. The number of halogens is 3. The van der Waals surface area contributed by atoms with Crippen LogP contribution in [0.15, 0.2) is 18.6 Å². The number of nitrogens with zero attached hydrogens (tertiary/aromatic N) is 3. The van der Waals surface area contributed by atoms with E-state index < -0.39 is 45.4 Å². The predicted molar refractivity (Wildman–Crippen MR) is 138 cm³/mol. The summed E-state index contributed by atoms with van der Waals surface area (Å²) in [5, 5.41) is 12.5. The Bertz CT molecular complexity index is 1530. The zero-order chi connectivity index (χ0) is 28.8. The summed E-state index contributed by atoms with van der Waals surface area (Å²) in [6.07, 6.45) is -2.87. The first-order valence-corrected chi connectivity index (χ1v) is 15.0. The van der Waals surface area contributed by atoms with Gasteiger partial charge in [0.15, 0.2) is 5.01 Å². The van der Waals surface area contributed by atoms with Crippen molar-refractivity contribution in [2.24, 2.45) is 5.92 Å². The van der Waals surface area contributed by atoms with E-state index in [1.165, 1.54) is 23.9 Å². The first-order chi connectivity index (χ1) is 18.8. The SMILES string of the molecule is Cc1sc(C(=O)c2cncnc2N[C@H]2C[C@H](O)[C@@H]([CH]NS(=O)(=O)O)C2)cc1[C@@H]1OCCc2sc(C(F)(F)F)nc21. The summed E-state index contributed by atoms with van der Waals surface area (Å²) in [6.45, 7) is 3.08. The number of aryl methyl sites for hydroxylation is 1. The first kappa shape index (κ1) is 29.0. The molecule has 4 heterocycles. The molecule has 215 valence electrons. The molecular weight excluding hydrogens is 595 g/mol.